The Morgan fingerprint density at radius 3 is 2.56 bits per heavy atom. The topological polar surface area (TPSA) is 100 Å². The zero-order valence-corrected chi connectivity index (χ0v) is 20.7. The number of ether oxygens (including phenoxy) is 1. The maximum Gasteiger partial charge on any atom is 0.329 e. The second kappa shape index (κ2) is 11.1. The lowest BCUT2D eigenvalue weighted by molar-refractivity contribution is -0.149. The highest BCUT2D eigenvalue weighted by Crippen LogP contribution is 2.21. The molecule has 4 rings (SSSR count). The average Bonchev–Trinajstić information content (AvgIpc) is 3.27. The van der Waals surface area contributed by atoms with Gasteiger partial charge in [0.1, 0.15) is 6.04 Å². The summed E-state index contributed by atoms with van der Waals surface area (Å²) in [5.41, 5.74) is 4.51. The molecule has 0 radical (unpaired) electrons. The number of nitrogens with one attached hydrogen (secondary N) is 3. The van der Waals surface area contributed by atoms with E-state index < -0.39 is 30.4 Å². The third-order valence-electron chi connectivity index (χ3n) is 5.82. The van der Waals surface area contributed by atoms with Crippen LogP contribution in [-0.2, 0) is 20.7 Å². The fourth-order valence-electron chi connectivity index (χ4n) is 3.89. The van der Waals surface area contributed by atoms with E-state index in [1.807, 2.05) is 56.3 Å². The van der Waals surface area contributed by atoms with Gasteiger partial charge in [-0.15, -0.1) is 0 Å². The van der Waals surface area contributed by atoms with Crippen LogP contribution in [0.3, 0.4) is 0 Å². The van der Waals surface area contributed by atoms with Crippen molar-refractivity contribution in [3.63, 3.8) is 0 Å². The fraction of sp³-hybridized carbons (Fsp3) is 0.179. The molecular formula is C28H26ClN3O4. The van der Waals surface area contributed by atoms with Crippen LogP contribution < -0.4 is 10.6 Å². The molecule has 0 aliphatic rings. The molecule has 184 valence electrons. The van der Waals surface area contributed by atoms with Gasteiger partial charge in [0.25, 0.3) is 11.8 Å². The molecule has 0 saturated heterocycles. The zero-order valence-electron chi connectivity index (χ0n) is 19.9. The summed E-state index contributed by atoms with van der Waals surface area (Å²) in [4.78, 5) is 41.7. The molecule has 4 aromatic rings. The smallest absolute Gasteiger partial charge is 0.329 e. The largest absolute Gasteiger partial charge is 0.454 e. The summed E-state index contributed by atoms with van der Waals surface area (Å²) in [6, 6.07) is 18.9. The number of benzene rings is 3. The van der Waals surface area contributed by atoms with E-state index in [2.05, 4.69) is 15.6 Å². The number of carbonyl (C=O) groups is 3. The summed E-state index contributed by atoms with van der Waals surface area (Å²) in [5.74, 6) is -1.71. The van der Waals surface area contributed by atoms with Crippen LogP contribution >= 0.6 is 11.6 Å². The Morgan fingerprint density at radius 1 is 1.00 bits per heavy atom. The number of esters is 1. The van der Waals surface area contributed by atoms with Crippen LogP contribution in [0.1, 0.15) is 27.0 Å². The highest BCUT2D eigenvalue weighted by atomic mass is 35.5. The van der Waals surface area contributed by atoms with Crippen LogP contribution in [0.15, 0.2) is 72.9 Å². The van der Waals surface area contributed by atoms with Crippen LogP contribution in [0.25, 0.3) is 10.9 Å². The monoisotopic (exact) mass is 503 g/mol. The predicted octanol–water partition coefficient (Wildman–Crippen LogP) is 4.96. The second-order valence-corrected chi connectivity index (χ2v) is 8.95. The SMILES string of the molecule is Cc1ccc(C)c(NC(=O)COC(=O)[C@@H](Cc2c[nH]c3ccccc23)NC(=O)c2ccccc2Cl)c1. The van der Waals surface area contributed by atoms with Gasteiger partial charge >= 0.3 is 5.97 Å². The molecule has 3 aromatic carbocycles. The number of amides is 2. The Balaban J connectivity index is 1.49. The Bertz CT molecular complexity index is 1430. The van der Waals surface area contributed by atoms with E-state index in [0.29, 0.717) is 5.69 Å². The van der Waals surface area contributed by atoms with Crippen molar-refractivity contribution in [2.24, 2.45) is 0 Å². The molecule has 1 atom stereocenters. The summed E-state index contributed by atoms with van der Waals surface area (Å²) in [6.45, 7) is 3.31. The average molecular weight is 504 g/mol. The number of hydrogen-bond donors (Lipinski definition) is 3. The number of carbonyl (C=O) groups excluding carboxylic acids is 3. The molecule has 0 bridgehead atoms. The Morgan fingerprint density at radius 2 is 1.75 bits per heavy atom. The van der Waals surface area contributed by atoms with Crippen molar-refractivity contribution in [2.75, 3.05) is 11.9 Å². The number of para-hydroxylation sites is 1. The Kier molecular flexibility index (Phi) is 7.71. The van der Waals surface area contributed by atoms with Gasteiger partial charge in [-0.05, 0) is 54.8 Å². The van der Waals surface area contributed by atoms with E-state index in [-0.39, 0.29) is 17.0 Å². The van der Waals surface area contributed by atoms with Gasteiger partial charge in [0.05, 0.1) is 10.6 Å². The number of anilines is 1. The Hall–Kier alpha value is -4.10. The van der Waals surface area contributed by atoms with Crippen molar-refractivity contribution >= 4 is 46.0 Å². The molecule has 0 saturated carbocycles. The molecule has 0 spiro atoms. The Labute approximate surface area is 213 Å². The first-order valence-corrected chi connectivity index (χ1v) is 11.8. The van der Waals surface area contributed by atoms with Gasteiger partial charge in [0.2, 0.25) is 0 Å². The summed E-state index contributed by atoms with van der Waals surface area (Å²) in [6.07, 6.45) is 1.96. The molecule has 1 heterocycles. The molecule has 0 aliphatic heterocycles. The van der Waals surface area contributed by atoms with Gasteiger partial charge < -0.3 is 20.4 Å². The van der Waals surface area contributed by atoms with Gasteiger partial charge in [0.15, 0.2) is 6.61 Å². The minimum Gasteiger partial charge on any atom is -0.454 e. The summed E-state index contributed by atoms with van der Waals surface area (Å²) >= 11 is 6.17. The normalized spacial score (nSPS) is 11.6. The summed E-state index contributed by atoms with van der Waals surface area (Å²) in [5, 5.41) is 6.68. The number of rotatable bonds is 8. The first kappa shape index (κ1) is 25.0. The summed E-state index contributed by atoms with van der Waals surface area (Å²) in [7, 11) is 0. The molecule has 8 heteroatoms. The molecule has 0 aliphatic carbocycles. The lowest BCUT2D eigenvalue weighted by atomic mass is 10.0. The van der Waals surface area contributed by atoms with E-state index in [0.717, 1.165) is 27.6 Å². The lowest BCUT2D eigenvalue weighted by Gasteiger charge is -2.18. The van der Waals surface area contributed by atoms with Crippen molar-refractivity contribution in [2.45, 2.75) is 26.3 Å². The van der Waals surface area contributed by atoms with Gasteiger partial charge in [-0.3, -0.25) is 9.59 Å². The highest BCUT2D eigenvalue weighted by Gasteiger charge is 2.26. The van der Waals surface area contributed by atoms with Crippen molar-refractivity contribution < 1.29 is 19.1 Å². The number of aromatic amines is 1. The van der Waals surface area contributed by atoms with Crippen molar-refractivity contribution in [3.05, 3.63) is 100 Å². The first-order chi connectivity index (χ1) is 17.3. The number of aromatic nitrogens is 1. The van der Waals surface area contributed by atoms with Crippen molar-refractivity contribution in [1.82, 2.24) is 10.3 Å². The van der Waals surface area contributed by atoms with Crippen LogP contribution in [0.5, 0.6) is 0 Å². The predicted molar refractivity (Wildman–Crippen MR) is 140 cm³/mol. The minimum atomic E-state index is -1.04. The van der Waals surface area contributed by atoms with Gasteiger partial charge in [-0.1, -0.05) is 54.1 Å². The maximum atomic E-state index is 13.1. The van der Waals surface area contributed by atoms with Crippen molar-refractivity contribution in [1.29, 1.82) is 0 Å². The van der Waals surface area contributed by atoms with E-state index in [9.17, 15) is 14.4 Å². The zero-order chi connectivity index (χ0) is 25.7. The van der Waals surface area contributed by atoms with Crippen LogP contribution in [0, 0.1) is 13.8 Å². The number of hydrogen-bond acceptors (Lipinski definition) is 4. The molecule has 36 heavy (non-hydrogen) atoms. The first-order valence-electron chi connectivity index (χ1n) is 11.5. The number of H-pyrrole nitrogens is 1. The molecule has 0 unspecified atom stereocenters. The van der Waals surface area contributed by atoms with Gasteiger partial charge in [-0.2, -0.15) is 0 Å². The highest BCUT2D eigenvalue weighted by molar-refractivity contribution is 6.33. The minimum absolute atomic E-state index is 0.164. The molecule has 7 nitrogen and oxygen atoms in total. The third-order valence-corrected chi connectivity index (χ3v) is 6.15. The van der Waals surface area contributed by atoms with Gasteiger partial charge in [-0.25, -0.2) is 4.79 Å². The van der Waals surface area contributed by atoms with E-state index in [1.54, 1.807) is 30.5 Å². The standard InChI is InChI=1S/C28H26ClN3O4/c1-17-11-12-18(2)24(13-17)31-26(33)16-36-28(35)25(32-27(34)21-8-3-5-9-22(21)29)14-19-15-30-23-10-6-4-7-20(19)23/h3-13,15,25,30H,14,16H2,1-2H3,(H,31,33)(H,32,34)/t25-/m1/s1. The molecule has 1 aromatic heterocycles. The quantitative estimate of drug-likeness (QED) is 0.296. The van der Waals surface area contributed by atoms with Crippen molar-refractivity contribution in [3.8, 4) is 0 Å². The summed E-state index contributed by atoms with van der Waals surface area (Å²) < 4.78 is 5.33. The van der Waals surface area contributed by atoms with E-state index in [4.69, 9.17) is 16.3 Å². The number of fused-ring (bicyclic) bond motifs is 1. The number of aryl methyl sites for hydroxylation is 2. The van der Waals surface area contributed by atoms with Crippen LogP contribution in [0.2, 0.25) is 5.02 Å². The number of halogens is 1. The second-order valence-electron chi connectivity index (χ2n) is 8.54. The molecular weight excluding hydrogens is 478 g/mol. The van der Waals surface area contributed by atoms with Crippen LogP contribution in [0.4, 0.5) is 5.69 Å². The maximum absolute atomic E-state index is 13.1. The molecule has 3 N–H and O–H groups in total. The van der Waals surface area contributed by atoms with Crippen LogP contribution in [-0.4, -0.2) is 35.4 Å². The molecule has 0 fully saturated rings. The lowest BCUT2D eigenvalue weighted by Crippen LogP contribution is -2.44. The third kappa shape index (κ3) is 5.93. The fourth-order valence-corrected chi connectivity index (χ4v) is 4.11. The molecule has 2 amide bonds. The van der Waals surface area contributed by atoms with E-state index >= 15 is 0 Å². The van der Waals surface area contributed by atoms with E-state index in [1.165, 1.54) is 0 Å². The van der Waals surface area contributed by atoms with Gasteiger partial charge in [0, 0.05) is 29.2 Å².